The topological polar surface area (TPSA) is 78.9 Å². The number of carboxylic acids is 1. The Morgan fingerprint density at radius 1 is 1.04 bits per heavy atom. The number of aliphatic carboxylic acids is 1. The number of halogens is 7. The lowest BCUT2D eigenvalue weighted by atomic mass is 9.72. The maximum Gasteiger partial charge on any atom is 0.416 e. The highest BCUT2D eigenvalue weighted by Gasteiger charge is 2.44. The number of ether oxygens (including phenoxy) is 2. The van der Waals surface area contributed by atoms with Crippen LogP contribution < -0.4 is 9.84 Å². The first-order valence-electron chi connectivity index (χ1n) is 14.6. The van der Waals surface area contributed by atoms with Crippen molar-refractivity contribution in [3.63, 3.8) is 0 Å². The first-order valence-corrected chi connectivity index (χ1v) is 14.6. The largest absolute Gasteiger partial charge is 0.550 e. The molecule has 2 aromatic carbocycles. The van der Waals surface area contributed by atoms with E-state index >= 15 is 4.39 Å². The molecule has 0 saturated carbocycles. The van der Waals surface area contributed by atoms with Gasteiger partial charge in [-0.3, -0.25) is 4.90 Å². The van der Waals surface area contributed by atoms with Crippen LogP contribution in [0.3, 0.4) is 0 Å². The van der Waals surface area contributed by atoms with Crippen molar-refractivity contribution < 1.29 is 54.9 Å². The Morgan fingerprint density at radius 2 is 1.63 bits per heavy atom. The van der Waals surface area contributed by atoms with Crippen LogP contribution in [-0.2, 0) is 28.3 Å². The smallest absolute Gasteiger partial charge is 0.416 e. The van der Waals surface area contributed by atoms with E-state index in [1.54, 1.807) is 0 Å². The SMILES string of the molecule is COc1cc(F)c(CC(C)(C)C(=O)[O-])cc1C1=C(CN2C(=O)O[C@H](c3cc(C(F)(F)F)cc(C(F)(F)F)c3)[C@@H]2C)CC(C)(C)CC1. The van der Waals surface area contributed by atoms with E-state index in [4.69, 9.17) is 9.47 Å². The van der Waals surface area contributed by atoms with Gasteiger partial charge in [0.05, 0.1) is 24.3 Å². The molecule has 2 atom stereocenters. The molecule has 0 radical (unpaired) electrons. The van der Waals surface area contributed by atoms with Gasteiger partial charge >= 0.3 is 18.4 Å². The number of allylic oxidation sites excluding steroid dienone is 1. The summed E-state index contributed by atoms with van der Waals surface area (Å²) in [4.78, 5) is 26.1. The minimum atomic E-state index is -5.07. The third-order valence-electron chi connectivity index (χ3n) is 8.74. The van der Waals surface area contributed by atoms with E-state index in [2.05, 4.69) is 0 Å². The minimum absolute atomic E-state index is 0.0162. The summed E-state index contributed by atoms with van der Waals surface area (Å²) in [6.45, 7) is 8.26. The Bertz CT molecular complexity index is 1530. The van der Waals surface area contributed by atoms with Crippen molar-refractivity contribution in [2.45, 2.75) is 84.8 Å². The van der Waals surface area contributed by atoms with E-state index in [1.165, 1.54) is 38.8 Å². The summed E-state index contributed by atoms with van der Waals surface area (Å²) >= 11 is 0. The van der Waals surface area contributed by atoms with Crippen LogP contribution in [0, 0.1) is 16.6 Å². The lowest BCUT2D eigenvalue weighted by molar-refractivity contribution is -0.317. The fraction of sp³-hybridized carbons (Fsp3) is 0.515. The molecule has 0 bridgehead atoms. The number of carbonyl (C=O) groups is 2. The molecular formula is C33H35F7NO5-. The van der Waals surface area contributed by atoms with Gasteiger partial charge < -0.3 is 19.4 Å². The minimum Gasteiger partial charge on any atom is -0.550 e. The van der Waals surface area contributed by atoms with Crippen molar-refractivity contribution in [3.05, 3.63) is 69.5 Å². The van der Waals surface area contributed by atoms with Crippen LogP contribution in [0.5, 0.6) is 5.75 Å². The molecule has 2 aromatic rings. The Labute approximate surface area is 262 Å². The molecule has 1 aliphatic carbocycles. The van der Waals surface area contributed by atoms with E-state index in [1.807, 2.05) is 13.8 Å². The molecule has 1 amide bonds. The van der Waals surface area contributed by atoms with E-state index < -0.39 is 64.5 Å². The molecule has 46 heavy (non-hydrogen) atoms. The predicted molar refractivity (Wildman–Crippen MR) is 152 cm³/mol. The van der Waals surface area contributed by atoms with Crippen LogP contribution in [0.4, 0.5) is 35.5 Å². The number of methoxy groups -OCH3 is 1. The molecule has 0 aromatic heterocycles. The summed E-state index contributed by atoms with van der Waals surface area (Å²) in [6, 6.07) is 2.85. The van der Waals surface area contributed by atoms with Crippen LogP contribution >= 0.6 is 0 Å². The molecule has 0 N–H and O–H groups in total. The number of nitrogens with zero attached hydrogens (tertiary/aromatic N) is 1. The van der Waals surface area contributed by atoms with Gasteiger partial charge in [-0.25, -0.2) is 9.18 Å². The average Bonchev–Trinajstić information content (AvgIpc) is 3.21. The van der Waals surface area contributed by atoms with Crippen molar-refractivity contribution in [2.24, 2.45) is 10.8 Å². The Balaban J connectivity index is 1.77. The number of alkyl halides is 6. The number of carboxylic acid groups (broad SMARTS) is 1. The number of hydrogen-bond acceptors (Lipinski definition) is 5. The van der Waals surface area contributed by atoms with Gasteiger partial charge in [-0.2, -0.15) is 26.3 Å². The van der Waals surface area contributed by atoms with Crippen LogP contribution in [0.1, 0.15) is 87.8 Å². The lowest BCUT2D eigenvalue weighted by Gasteiger charge is -2.36. The molecule has 1 fully saturated rings. The van der Waals surface area contributed by atoms with Gasteiger partial charge in [0.1, 0.15) is 17.7 Å². The predicted octanol–water partition coefficient (Wildman–Crippen LogP) is 7.74. The summed E-state index contributed by atoms with van der Waals surface area (Å²) < 4.78 is 107. The van der Waals surface area contributed by atoms with E-state index in [0.29, 0.717) is 42.5 Å². The van der Waals surface area contributed by atoms with Gasteiger partial charge in [-0.05, 0) is 84.6 Å². The molecule has 6 nitrogen and oxygen atoms in total. The van der Waals surface area contributed by atoms with Crippen LogP contribution in [0.25, 0.3) is 5.57 Å². The van der Waals surface area contributed by atoms with Crippen LogP contribution in [-0.4, -0.2) is 36.7 Å². The molecule has 252 valence electrons. The molecule has 1 saturated heterocycles. The quantitative estimate of drug-likeness (QED) is 0.271. The maximum absolute atomic E-state index is 15.1. The second-order valence-corrected chi connectivity index (χ2v) is 13.4. The highest BCUT2D eigenvalue weighted by atomic mass is 19.4. The fourth-order valence-corrected chi connectivity index (χ4v) is 6.09. The highest BCUT2D eigenvalue weighted by molar-refractivity contribution is 5.77. The monoisotopic (exact) mass is 658 g/mol. The van der Waals surface area contributed by atoms with Crippen molar-refractivity contribution >= 4 is 17.6 Å². The first-order chi connectivity index (χ1) is 21.0. The van der Waals surface area contributed by atoms with E-state index in [0.717, 1.165) is 11.6 Å². The maximum atomic E-state index is 15.1. The third-order valence-corrected chi connectivity index (χ3v) is 8.74. The van der Waals surface area contributed by atoms with Crippen molar-refractivity contribution in [2.75, 3.05) is 13.7 Å². The third kappa shape index (κ3) is 7.28. The Kier molecular flexibility index (Phi) is 9.24. The normalized spacial score (nSPS) is 20.6. The first kappa shape index (κ1) is 35.1. The molecular weight excluding hydrogens is 623 g/mol. The van der Waals surface area contributed by atoms with Crippen molar-refractivity contribution in [1.82, 2.24) is 4.90 Å². The Morgan fingerprint density at radius 3 is 2.15 bits per heavy atom. The van der Waals surface area contributed by atoms with Gasteiger partial charge in [0.2, 0.25) is 0 Å². The number of rotatable bonds is 8. The fourth-order valence-electron chi connectivity index (χ4n) is 6.09. The van der Waals surface area contributed by atoms with Crippen molar-refractivity contribution in [1.29, 1.82) is 0 Å². The average molecular weight is 659 g/mol. The number of hydrogen-bond donors (Lipinski definition) is 0. The molecule has 13 heteroatoms. The zero-order valence-electron chi connectivity index (χ0n) is 26.2. The number of benzene rings is 2. The molecule has 0 unspecified atom stereocenters. The summed E-state index contributed by atoms with van der Waals surface area (Å²) in [6.07, 6.45) is -11.0. The Hall–Kier alpha value is -3.77. The van der Waals surface area contributed by atoms with E-state index in [-0.39, 0.29) is 35.8 Å². The van der Waals surface area contributed by atoms with Crippen LogP contribution in [0.2, 0.25) is 0 Å². The highest BCUT2D eigenvalue weighted by Crippen LogP contribution is 2.47. The zero-order chi connectivity index (χ0) is 34.6. The molecule has 2 aliphatic rings. The number of carbonyl (C=O) groups excluding carboxylic acids is 2. The van der Waals surface area contributed by atoms with Gasteiger partial charge in [0.25, 0.3) is 0 Å². The summed E-state index contributed by atoms with van der Waals surface area (Å²) in [5.74, 6) is -1.85. The summed E-state index contributed by atoms with van der Waals surface area (Å²) in [5, 5.41) is 11.7. The number of amides is 1. The van der Waals surface area contributed by atoms with Crippen molar-refractivity contribution in [3.8, 4) is 5.75 Å². The summed E-state index contributed by atoms with van der Waals surface area (Å²) in [7, 11) is 1.35. The standard InChI is InChI=1S/C33H36F7NO5/c1-17-27(18-9-21(32(35,36)37)12-22(10-18)33(38,39)40)46-29(44)41(17)16-20-14-30(2,3)8-7-23(20)24-11-19(15-31(4,5)28(42)43)25(34)13-26(24)45-6/h9-13,17,27H,7-8,14-16H2,1-6H3,(H,42,43)/p-1/t17-,27-/m0/s1. The van der Waals surface area contributed by atoms with Gasteiger partial charge in [-0.1, -0.05) is 27.7 Å². The van der Waals surface area contributed by atoms with E-state index in [9.17, 15) is 41.0 Å². The van der Waals surface area contributed by atoms with Crippen LogP contribution in [0.15, 0.2) is 35.9 Å². The number of cyclic esters (lactones) is 1. The summed E-state index contributed by atoms with van der Waals surface area (Å²) in [5.41, 5.74) is -3.08. The molecule has 4 rings (SSSR count). The van der Waals surface area contributed by atoms with Gasteiger partial charge in [0.15, 0.2) is 0 Å². The van der Waals surface area contributed by atoms with Gasteiger partial charge in [0, 0.05) is 29.6 Å². The molecule has 1 aliphatic heterocycles. The second-order valence-electron chi connectivity index (χ2n) is 13.4. The zero-order valence-corrected chi connectivity index (χ0v) is 26.2. The van der Waals surface area contributed by atoms with Gasteiger partial charge in [-0.15, -0.1) is 0 Å². The lowest BCUT2D eigenvalue weighted by Crippen LogP contribution is -2.39. The molecule has 1 heterocycles. The molecule has 0 spiro atoms. The second kappa shape index (κ2) is 12.1.